The Morgan fingerprint density at radius 1 is 1.39 bits per heavy atom. The van der Waals surface area contributed by atoms with E-state index in [1.54, 1.807) is 6.92 Å². The average molecular weight is 322 g/mol. The molecule has 23 heavy (non-hydrogen) atoms. The fourth-order valence-corrected chi connectivity index (χ4v) is 2.57. The van der Waals surface area contributed by atoms with Crippen LogP contribution >= 0.6 is 0 Å². The molecule has 2 rings (SSSR count). The topological polar surface area (TPSA) is 91.3 Å². The molecule has 2 heterocycles. The highest BCUT2D eigenvalue weighted by atomic mass is 16.5. The van der Waals surface area contributed by atoms with E-state index in [4.69, 9.17) is 4.74 Å². The van der Waals surface area contributed by atoms with Crippen LogP contribution in [0, 0.1) is 5.92 Å². The molecule has 0 aromatic carbocycles. The summed E-state index contributed by atoms with van der Waals surface area (Å²) in [6.45, 7) is 9.61. The zero-order valence-electron chi connectivity index (χ0n) is 13.3. The van der Waals surface area contributed by atoms with Crippen LogP contribution in [0.4, 0.5) is 4.79 Å². The Labute approximate surface area is 135 Å². The van der Waals surface area contributed by atoms with Crippen LogP contribution in [0.15, 0.2) is 17.6 Å². The second kappa shape index (κ2) is 7.98. The molecule has 0 radical (unpaired) electrons. The van der Waals surface area contributed by atoms with E-state index in [2.05, 4.69) is 21.8 Å². The number of nitrogens with one attached hydrogen (secondary N) is 1. The third-order valence-corrected chi connectivity index (χ3v) is 3.86. The molecule has 8 heteroatoms. The van der Waals surface area contributed by atoms with E-state index in [1.807, 2.05) is 0 Å². The monoisotopic (exact) mass is 322 g/mol. The first-order valence-electron chi connectivity index (χ1n) is 7.62. The van der Waals surface area contributed by atoms with Gasteiger partial charge in [0.15, 0.2) is 5.92 Å². The fourth-order valence-electron chi connectivity index (χ4n) is 2.57. The first-order valence-corrected chi connectivity index (χ1v) is 7.62. The smallest absolute Gasteiger partial charge is 0.331 e. The maximum absolute atomic E-state index is 12.3. The molecule has 1 unspecified atom stereocenters. The minimum atomic E-state index is -1.04. The molecule has 0 aromatic rings. The number of rotatable bonds is 6. The molecule has 4 amide bonds. The number of morpholine rings is 1. The summed E-state index contributed by atoms with van der Waals surface area (Å²) in [6.07, 6.45) is 1.44. The van der Waals surface area contributed by atoms with Crippen LogP contribution in [0.5, 0.6) is 0 Å². The number of carbonyl (C=O) groups excluding carboxylic acids is 3. The first kappa shape index (κ1) is 17.3. The highest BCUT2D eigenvalue weighted by molar-refractivity contribution is 6.27. The lowest BCUT2D eigenvalue weighted by Gasteiger charge is -2.29. The zero-order valence-corrected chi connectivity index (χ0v) is 13.3. The summed E-state index contributed by atoms with van der Waals surface area (Å²) in [6, 6.07) is -0.711. The van der Waals surface area contributed by atoms with Crippen molar-refractivity contribution in [2.75, 3.05) is 45.9 Å². The third-order valence-electron chi connectivity index (χ3n) is 3.86. The van der Waals surface area contributed by atoms with E-state index < -0.39 is 23.8 Å². The molecule has 8 nitrogen and oxygen atoms in total. The molecule has 2 fully saturated rings. The lowest BCUT2D eigenvalue weighted by atomic mass is 9.99. The van der Waals surface area contributed by atoms with Crippen molar-refractivity contribution in [2.45, 2.75) is 6.92 Å². The number of nitrogens with zero attached hydrogens (tertiary/aromatic N) is 3. The van der Waals surface area contributed by atoms with Gasteiger partial charge in [-0.25, -0.2) is 4.79 Å². The van der Waals surface area contributed by atoms with Gasteiger partial charge in [-0.1, -0.05) is 6.08 Å². The Morgan fingerprint density at radius 3 is 2.74 bits per heavy atom. The number of hydrogen-bond donors (Lipinski definition) is 1. The van der Waals surface area contributed by atoms with Gasteiger partial charge >= 0.3 is 6.03 Å². The van der Waals surface area contributed by atoms with Crippen LogP contribution in [0.2, 0.25) is 0 Å². The number of ether oxygens (including phenoxy) is 1. The van der Waals surface area contributed by atoms with Crippen molar-refractivity contribution >= 4 is 23.6 Å². The predicted molar refractivity (Wildman–Crippen MR) is 84.2 cm³/mol. The van der Waals surface area contributed by atoms with Crippen LogP contribution in [0.3, 0.4) is 0 Å². The highest BCUT2D eigenvalue weighted by Gasteiger charge is 2.41. The SMILES string of the molecule is C=CCN1C(=O)NC(=O)C(C(C)=NCCN2CCOCC2)C1=O. The van der Waals surface area contributed by atoms with Crippen molar-refractivity contribution < 1.29 is 19.1 Å². The minimum Gasteiger partial charge on any atom is -0.379 e. The van der Waals surface area contributed by atoms with E-state index in [-0.39, 0.29) is 6.54 Å². The number of urea groups is 1. The number of aliphatic imine (C=N–C) groups is 1. The van der Waals surface area contributed by atoms with Gasteiger partial charge in [0, 0.05) is 31.9 Å². The summed E-state index contributed by atoms with van der Waals surface area (Å²) < 4.78 is 5.27. The van der Waals surface area contributed by atoms with E-state index in [0.29, 0.717) is 25.5 Å². The fraction of sp³-hybridized carbons (Fsp3) is 0.600. The molecule has 2 aliphatic heterocycles. The van der Waals surface area contributed by atoms with E-state index >= 15 is 0 Å². The van der Waals surface area contributed by atoms with Crippen molar-refractivity contribution in [2.24, 2.45) is 10.9 Å². The lowest BCUT2D eigenvalue weighted by Crippen LogP contribution is -2.59. The van der Waals surface area contributed by atoms with Crippen LogP contribution in [-0.2, 0) is 14.3 Å². The molecule has 0 spiro atoms. The van der Waals surface area contributed by atoms with Crippen LogP contribution < -0.4 is 5.32 Å². The van der Waals surface area contributed by atoms with Gasteiger partial charge in [-0.3, -0.25) is 29.7 Å². The Kier molecular flexibility index (Phi) is 6.00. The Hall–Kier alpha value is -2.06. The summed E-state index contributed by atoms with van der Waals surface area (Å²) >= 11 is 0. The molecular formula is C15H22N4O4. The van der Waals surface area contributed by atoms with E-state index in [9.17, 15) is 14.4 Å². The van der Waals surface area contributed by atoms with Crippen LogP contribution in [-0.4, -0.2) is 79.3 Å². The largest absolute Gasteiger partial charge is 0.379 e. The number of carbonyl (C=O) groups is 3. The standard InChI is InChI=1S/C15H22N4O4/c1-3-5-19-14(21)12(13(20)17-15(19)22)11(2)16-4-6-18-7-9-23-10-8-18/h3,12H,1,4-10H2,2H3,(H,17,20,22). The molecule has 0 aromatic heterocycles. The van der Waals surface area contributed by atoms with Crippen molar-refractivity contribution in [1.29, 1.82) is 0 Å². The number of barbiturate groups is 1. The quantitative estimate of drug-likeness (QED) is 0.410. The Balaban J connectivity index is 1.97. The molecule has 1 N–H and O–H groups in total. The van der Waals surface area contributed by atoms with Gasteiger partial charge in [-0.15, -0.1) is 6.58 Å². The molecule has 0 aliphatic carbocycles. The summed E-state index contributed by atoms with van der Waals surface area (Å²) in [4.78, 5) is 43.5. The molecule has 2 aliphatic rings. The lowest BCUT2D eigenvalue weighted by molar-refractivity contribution is -0.139. The molecular weight excluding hydrogens is 300 g/mol. The van der Waals surface area contributed by atoms with Crippen molar-refractivity contribution in [3.8, 4) is 0 Å². The number of hydrogen-bond acceptors (Lipinski definition) is 6. The average Bonchev–Trinajstić information content (AvgIpc) is 2.52. The maximum Gasteiger partial charge on any atom is 0.331 e. The predicted octanol–water partition coefficient (Wildman–Crippen LogP) is -0.340. The van der Waals surface area contributed by atoms with Crippen molar-refractivity contribution in [3.63, 3.8) is 0 Å². The van der Waals surface area contributed by atoms with Gasteiger partial charge in [0.05, 0.1) is 19.8 Å². The van der Waals surface area contributed by atoms with Gasteiger partial charge in [0.1, 0.15) is 0 Å². The minimum absolute atomic E-state index is 0.0650. The Morgan fingerprint density at radius 2 is 2.09 bits per heavy atom. The van der Waals surface area contributed by atoms with Crippen molar-refractivity contribution in [1.82, 2.24) is 15.1 Å². The normalized spacial score (nSPS) is 23.9. The third kappa shape index (κ3) is 4.23. The molecule has 1 atom stereocenters. The number of amides is 4. The van der Waals surface area contributed by atoms with Crippen molar-refractivity contribution in [3.05, 3.63) is 12.7 Å². The second-order valence-electron chi connectivity index (χ2n) is 5.44. The summed E-state index contributed by atoms with van der Waals surface area (Å²) in [5.41, 5.74) is 0.419. The van der Waals surface area contributed by atoms with Gasteiger partial charge in [0.2, 0.25) is 11.8 Å². The molecule has 0 saturated carbocycles. The molecule has 126 valence electrons. The van der Waals surface area contributed by atoms with Gasteiger partial charge in [-0.2, -0.15) is 0 Å². The highest BCUT2D eigenvalue weighted by Crippen LogP contribution is 2.13. The summed E-state index contributed by atoms with van der Waals surface area (Å²) in [5.74, 6) is -2.21. The van der Waals surface area contributed by atoms with Gasteiger partial charge in [0.25, 0.3) is 0 Å². The first-order chi connectivity index (χ1) is 11.0. The number of imide groups is 2. The maximum atomic E-state index is 12.3. The molecule has 2 saturated heterocycles. The Bertz CT molecular complexity index is 526. The summed E-state index contributed by atoms with van der Waals surface area (Å²) in [5, 5.41) is 2.19. The second-order valence-corrected chi connectivity index (χ2v) is 5.44. The van der Waals surface area contributed by atoms with Crippen LogP contribution in [0.1, 0.15) is 6.92 Å². The molecule has 0 bridgehead atoms. The van der Waals surface area contributed by atoms with E-state index in [0.717, 1.165) is 24.5 Å². The van der Waals surface area contributed by atoms with E-state index in [1.165, 1.54) is 6.08 Å². The van der Waals surface area contributed by atoms with Gasteiger partial charge in [-0.05, 0) is 6.92 Å². The summed E-state index contributed by atoms with van der Waals surface area (Å²) in [7, 11) is 0. The zero-order chi connectivity index (χ0) is 16.8. The van der Waals surface area contributed by atoms with Gasteiger partial charge < -0.3 is 4.74 Å². The van der Waals surface area contributed by atoms with Crippen LogP contribution in [0.25, 0.3) is 0 Å².